The lowest BCUT2D eigenvalue weighted by Crippen LogP contribution is -2.19. The van der Waals surface area contributed by atoms with Crippen molar-refractivity contribution in [3.8, 4) is 0 Å². The Kier molecular flexibility index (Phi) is 4.55. The molecule has 0 radical (unpaired) electrons. The maximum Gasteiger partial charge on any atom is 0.0865 e. The molecule has 0 bridgehead atoms. The summed E-state index contributed by atoms with van der Waals surface area (Å²) in [6.45, 7) is 3.88. The van der Waals surface area contributed by atoms with E-state index in [2.05, 4.69) is 24.3 Å². The lowest BCUT2D eigenvalue weighted by Gasteiger charge is -2.22. The van der Waals surface area contributed by atoms with Gasteiger partial charge in [0, 0.05) is 10.2 Å². The Labute approximate surface area is 96.0 Å². The second-order valence-electron chi connectivity index (χ2n) is 4.43. The molecule has 1 nitrogen and oxygen atoms in total. The van der Waals surface area contributed by atoms with Crippen molar-refractivity contribution in [2.24, 2.45) is 0 Å². The van der Waals surface area contributed by atoms with Crippen LogP contribution in [0.2, 0.25) is 6.04 Å². The fraction of sp³-hybridized carbons (Fsp3) is 0.538. The van der Waals surface area contributed by atoms with E-state index in [1.807, 2.05) is 13.8 Å². The van der Waals surface area contributed by atoms with Crippen molar-refractivity contribution < 1.29 is 5.11 Å². The monoisotopic (exact) mass is 222 g/mol. The molecular formula is C13H22OSi. The van der Waals surface area contributed by atoms with Gasteiger partial charge < -0.3 is 5.11 Å². The summed E-state index contributed by atoms with van der Waals surface area (Å²) in [5.74, 6) is 0. The molecule has 0 heterocycles. The fourth-order valence-corrected chi connectivity index (χ4v) is 1.97. The van der Waals surface area contributed by atoms with E-state index in [9.17, 15) is 5.11 Å². The van der Waals surface area contributed by atoms with Crippen molar-refractivity contribution in [3.63, 3.8) is 0 Å². The summed E-state index contributed by atoms with van der Waals surface area (Å²) >= 11 is 0. The molecule has 1 atom stereocenters. The molecule has 0 amide bonds. The molecule has 0 fully saturated rings. The zero-order chi connectivity index (χ0) is 11.3. The SMILES string of the molecule is CCC(C)(O)c1ccc(CCC[SiH3])cc1. The van der Waals surface area contributed by atoms with Crippen molar-refractivity contribution in [1.29, 1.82) is 0 Å². The molecular weight excluding hydrogens is 200 g/mol. The molecule has 84 valence electrons. The van der Waals surface area contributed by atoms with Gasteiger partial charge in [0.1, 0.15) is 0 Å². The van der Waals surface area contributed by atoms with E-state index in [1.54, 1.807) is 0 Å². The first-order chi connectivity index (χ1) is 7.10. The van der Waals surface area contributed by atoms with Gasteiger partial charge in [-0.3, -0.25) is 0 Å². The quantitative estimate of drug-likeness (QED) is 0.756. The van der Waals surface area contributed by atoms with E-state index >= 15 is 0 Å². The Morgan fingerprint density at radius 2 is 1.87 bits per heavy atom. The maximum absolute atomic E-state index is 10.1. The van der Waals surface area contributed by atoms with Crippen molar-refractivity contribution in [2.75, 3.05) is 0 Å². The molecule has 0 saturated heterocycles. The molecule has 1 unspecified atom stereocenters. The van der Waals surface area contributed by atoms with E-state index in [0.29, 0.717) is 0 Å². The van der Waals surface area contributed by atoms with Crippen LogP contribution in [0.15, 0.2) is 24.3 Å². The first kappa shape index (κ1) is 12.5. The summed E-state index contributed by atoms with van der Waals surface area (Å²) in [5, 5.41) is 10.1. The Bertz CT molecular complexity index is 290. The molecule has 0 aliphatic carbocycles. The molecule has 0 spiro atoms. The fourth-order valence-electron chi connectivity index (χ4n) is 1.62. The van der Waals surface area contributed by atoms with Crippen LogP contribution in [0.5, 0.6) is 0 Å². The predicted octanol–water partition coefficient (Wildman–Crippen LogP) is 2.02. The second-order valence-corrected chi connectivity index (χ2v) is 5.43. The summed E-state index contributed by atoms with van der Waals surface area (Å²) in [7, 11) is 1.30. The Morgan fingerprint density at radius 3 is 2.33 bits per heavy atom. The van der Waals surface area contributed by atoms with Crippen LogP contribution in [-0.2, 0) is 12.0 Å². The molecule has 0 saturated carbocycles. The van der Waals surface area contributed by atoms with Gasteiger partial charge in [-0.25, -0.2) is 0 Å². The van der Waals surface area contributed by atoms with Gasteiger partial charge in [-0.15, -0.1) is 0 Å². The highest BCUT2D eigenvalue weighted by atomic mass is 28.1. The van der Waals surface area contributed by atoms with Crippen LogP contribution in [0, 0.1) is 0 Å². The van der Waals surface area contributed by atoms with Crippen LogP contribution in [-0.4, -0.2) is 15.3 Å². The number of hydrogen-bond donors (Lipinski definition) is 1. The minimum Gasteiger partial charge on any atom is -0.385 e. The predicted molar refractivity (Wildman–Crippen MR) is 69.4 cm³/mol. The Balaban J connectivity index is 2.72. The van der Waals surface area contributed by atoms with E-state index in [0.717, 1.165) is 12.0 Å². The van der Waals surface area contributed by atoms with Crippen LogP contribution in [0.25, 0.3) is 0 Å². The van der Waals surface area contributed by atoms with Crippen molar-refractivity contribution >= 4 is 10.2 Å². The van der Waals surface area contributed by atoms with Gasteiger partial charge in [0.05, 0.1) is 5.60 Å². The highest BCUT2D eigenvalue weighted by molar-refractivity contribution is 6.08. The third kappa shape index (κ3) is 3.47. The first-order valence-electron chi connectivity index (χ1n) is 5.92. The number of benzene rings is 1. The maximum atomic E-state index is 10.1. The van der Waals surface area contributed by atoms with Crippen molar-refractivity contribution in [3.05, 3.63) is 35.4 Å². The largest absolute Gasteiger partial charge is 0.385 e. The van der Waals surface area contributed by atoms with Gasteiger partial charge in [0.25, 0.3) is 0 Å². The van der Waals surface area contributed by atoms with Crippen LogP contribution < -0.4 is 0 Å². The average molecular weight is 222 g/mol. The van der Waals surface area contributed by atoms with Gasteiger partial charge in [0.15, 0.2) is 0 Å². The highest BCUT2D eigenvalue weighted by Crippen LogP contribution is 2.24. The molecule has 1 rings (SSSR count). The summed E-state index contributed by atoms with van der Waals surface area (Å²) in [5.41, 5.74) is 1.75. The molecule has 2 heteroatoms. The zero-order valence-corrected chi connectivity index (χ0v) is 12.1. The van der Waals surface area contributed by atoms with E-state index in [4.69, 9.17) is 0 Å². The Morgan fingerprint density at radius 1 is 1.27 bits per heavy atom. The molecule has 15 heavy (non-hydrogen) atoms. The summed E-state index contributed by atoms with van der Waals surface area (Å²) < 4.78 is 0. The molecule has 1 N–H and O–H groups in total. The summed E-state index contributed by atoms with van der Waals surface area (Å²) in [4.78, 5) is 0. The van der Waals surface area contributed by atoms with Crippen LogP contribution in [0.4, 0.5) is 0 Å². The Hall–Kier alpha value is -0.603. The van der Waals surface area contributed by atoms with Gasteiger partial charge in [-0.05, 0) is 30.9 Å². The number of aliphatic hydroxyl groups is 1. The summed E-state index contributed by atoms with van der Waals surface area (Å²) in [6.07, 6.45) is 3.24. The van der Waals surface area contributed by atoms with Crippen LogP contribution in [0.3, 0.4) is 0 Å². The third-order valence-electron chi connectivity index (χ3n) is 3.08. The number of aryl methyl sites for hydroxylation is 1. The first-order valence-corrected chi connectivity index (χ1v) is 7.33. The van der Waals surface area contributed by atoms with Crippen LogP contribution in [0.1, 0.15) is 37.8 Å². The van der Waals surface area contributed by atoms with Crippen molar-refractivity contribution in [2.45, 2.75) is 44.8 Å². The van der Waals surface area contributed by atoms with E-state index in [-0.39, 0.29) is 0 Å². The molecule has 0 aromatic heterocycles. The van der Waals surface area contributed by atoms with Crippen LogP contribution >= 0.6 is 0 Å². The van der Waals surface area contributed by atoms with Gasteiger partial charge in [0.2, 0.25) is 0 Å². The summed E-state index contributed by atoms with van der Waals surface area (Å²) in [6, 6.07) is 9.79. The van der Waals surface area contributed by atoms with Gasteiger partial charge in [-0.2, -0.15) is 0 Å². The van der Waals surface area contributed by atoms with Gasteiger partial charge in [-0.1, -0.05) is 43.7 Å². The minimum absolute atomic E-state index is 0.670. The number of rotatable bonds is 5. The van der Waals surface area contributed by atoms with E-state index < -0.39 is 5.60 Å². The van der Waals surface area contributed by atoms with E-state index in [1.165, 1.54) is 34.7 Å². The topological polar surface area (TPSA) is 20.2 Å². The third-order valence-corrected chi connectivity index (χ3v) is 3.79. The van der Waals surface area contributed by atoms with Gasteiger partial charge >= 0.3 is 0 Å². The second kappa shape index (κ2) is 5.47. The minimum atomic E-state index is -0.670. The van der Waals surface area contributed by atoms with Crippen molar-refractivity contribution in [1.82, 2.24) is 0 Å². The standard InChI is InChI=1S/C13H22OSi/c1-3-13(2,14)12-8-6-11(7-9-12)5-4-10-15/h6-9,14H,3-5,10H2,1-2,15H3. The molecule has 0 aliphatic rings. The normalized spacial score (nSPS) is 15.1. The zero-order valence-electron chi connectivity index (χ0n) is 10.1. The average Bonchev–Trinajstić information content (AvgIpc) is 2.27. The molecule has 0 aliphatic heterocycles. The molecule has 1 aromatic rings. The smallest absolute Gasteiger partial charge is 0.0865 e. The highest BCUT2D eigenvalue weighted by Gasteiger charge is 2.19. The lowest BCUT2D eigenvalue weighted by atomic mass is 9.92. The lowest BCUT2D eigenvalue weighted by molar-refractivity contribution is 0.0531. The number of hydrogen-bond acceptors (Lipinski definition) is 1. The molecule has 1 aromatic carbocycles.